The molecule has 0 fully saturated rings. The van der Waals surface area contributed by atoms with E-state index in [0.29, 0.717) is 0 Å². The first kappa shape index (κ1) is 72.3. The summed E-state index contributed by atoms with van der Waals surface area (Å²) in [5.41, 5.74) is 10.4. The van der Waals surface area contributed by atoms with Crippen LogP contribution in [0.1, 0.15) is 222 Å². The second kappa shape index (κ2) is 45.8. The van der Waals surface area contributed by atoms with E-state index in [4.69, 9.17) is 14.2 Å². The first-order valence-electron chi connectivity index (χ1n) is 34.1. The van der Waals surface area contributed by atoms with Gasteiger partial charge in [-0.3, -0.25) is 0 Å². The van der Waals surface area contributed by atoms with E-state index in [1.54, 1.807) is 37.2 Å². The molecule has 0 atom stereocenters. The highest BCUT2D eigenvalue weighted by atomic mass is 16.5. The Labute approximate surface area is 537 Å². The highest BCUT2D eigenvalue weighted by Crippen LogP contribution is 2.22. The Hall–Kier alpha value is -7.40. The standard InChI is InChI=1S/C21H30N2O.2C19H26N2O.C19H26N2/c1-3-4-5-6-7-8-9-10-15-24-20-16-22-21(23-17-20)19-13-11-18(2)12-14-19;2*1-3-4-5-6-7-8-13-22-18-14-20-19(21-15-18)17-11-9-16(2)10-12-17;1-3-4-5-6-7-8-9-17-14-20-19(21-15-17)18-12-10-16(2)11-13-18/h11-14,16-17H,3-10,15H2,1-2H3;2*9-12,14-15H,3-8,13H2,1-2H3;10-15H,3-9H2,1-2H3. The minimum atomic E-state index is 0.743. The Morgan fingerprint density at radius 3 is 0.674 bits per heavy atom. The number of ether oxygens (including phenoxy) is 3. The van der Waals surface area contributed by atoms with E-state index in [0.717, 1.165) is 108 Å². The quantitative estimate of drug-likeness (QED) is 0.0345. The largest absolute Gasteiger partial charge is 0.490 e. The van der Waals surface area contributed by atoms with Gasteiger partial charge in [-0.2, -0.15) is 0 Å². The summed E-state index contributed by atoms with van der Waals surface area (Å²) in [5, 5.41) is 0. The Balaban J connectivity index is 0.000000216. The van der Waals surface area contributed by atoms with Gasteiger partial charge in [0.1, 0.15) is 0 Å². The first-order valence-corrected chi connectivity index (χ1v) is 34.1. The SMILES string of the molecule is CCCCCCCCCCOc1cnc(-c2ccc(C)cc2)nc1.CCCCCCCCOc1cnc(-c2ccc(C)cc2)nc1.CCCCCCCCOc1cnc(-c2ccc(C)cc2)nc1.CCCCCCCCc1cnc(-c2ccc(C)cc2)nc1. The number of nitrogens with zero attached hydrogens (tertiary/aromatic N) is 8. The number of benzene rings is 4. The topological polar surface area (TPSA) is 131 Å². The van der Waals surface area contributed by atoms with Gasteiger partial charge in [0.25, 0.3) is 0 Å². The van der Waals surface area contributed by atoms with Gasteiger partial charge in [-0.1, -0.05) is 288 Å². The van der Waals surface area contributed by atoms with E-state index in [1.165, 1.54) is 175 Å². The normalized spacial score (nSPS) is 10.7. The lowest BCUT2D eigenvalue weighted by Gasteiger charge is -2.06. The Morgan fingerprint density at radius 1 is 0.236 bits per heavy atom. The molecule has 11 nitrogen and oxygen atoms in total. The third kappa shape index (κ3) is 31.6. The van der Waals surface area contributed by atoms with Gasteiger partial charge >= 0.3 is 0 Å². The zero-order chi connectivity index (χ0) is 63.2. The van der Waals surface area contributed by atoms with Crippen molar-refractivity contribution in [3.05, 3.63) is 174 Å². The van der Waals surface area contributed by atoms with Crippen molar-refractivity contribution in [3.63, 3.8) is 0 Å². The van der Waals surface area contributed by atoms with Gasteiger partial charge in [0.05, 0.1) is 57.0 Å². The smallest absolute Gasteiger partial charge is 0.159 e. The van der Waals surface area contributed by atoms with Crippen LogP contribution in [0.15, 0.2) is 147 Å². The van der Waals surface area contributed by atoms with E-state index in [9.17, 15) is 0 Å². The van der Waals surface area contributed by atoms with Crippen molar-refractivity contribution in [2.75, 3.05) is 19.8 Å². The summed E-state index contributed by atoms with van der Waals surface area (Å²) in [6.07, 6.45) is 49.3. The zero-order valence-corrected chi connectivity index (χ0v) is 55.9. The van der Waals surface area contributed by atoms with Crippen LogP contribution < -0.4 is 14.2 Å². The molecule has 8 rings (SSSR count). The molecule has 0 amide bonds. The predicted octanol–water partition coefficient (Wildman–Crippen LogP) is 21.7. The fourth-order valence-electron chi connectivity index (χ4n) is 9.74. The van der Waals surface area contributed by atoms with Crippen molar-refractivity contribution in [1.29, 1.82) is 0 Å². The maximum atomic E-state index is 5.74. The number of hydrogen-bond acceptors (Lipinski definition) is 11. The number of aromatic nitrogens is 8. The third-order valence-corrected chi connectivity index (χ3v) is 15.4. The van der Waals surface area contributed by atoms with Gasteiger partial charge in [-0.25, -0.2) is 39.9 Å². The molecule has 0 aliphatic heterocycles. The lowest BCUT2D eigenvalue weighted by Crippen LogP contribution is -1.99. The molecule has 0 spiro atoms. The van der Waals surface area contributed by atoms with E-state index < -0.39 is 0 Å². The number of aryl methyl sites for hydroxylation is 5. The summed E-state index contributed by atoms with van der Waals surface area (Å²) in [7, 11) is 0. The van der Waals surface area contributed by atoms with Crippen molar-refractivity contribution < 1.29 is 14.2 Å². The van der Waals surface area contributed by atoms with Gasteiger partial charge in [-0.05, 0) is 65.4 Å². The van der Waals surface area contributed by atoms with Crippen molar-refractivity contribution in [2.24, 2.45) is 0 Å². The first-order chi connectivity index (χ1) is 43.7. The van der Waals surface area contributed by atoms with E-state index in [1.807, 2.05) is 48.8 Å². The molecule has 0 unspecified atom stereocenters. The van der Waals surface area contributed by atoms with Gasteiger partial charge in [-0.15, -0.1) is 0 Å². The summed E-state index contributed by atoms with van der Waals surface area (Å²) in [6, 6.07) is 33.1. The minimum absolute atomic E-state index is 0.743. The van der Waals surface area contributed by atoms with Crippen LogP contribution in [-0.4, -0.2) is 59.7 Å². The Morgan fingerprint density at radius 2 is 0.438 bits per heavy atom. The monoisotopic (exact) mass is 1200 g/mol. The van der Waals surface area contributed by atoms with Crippen LogP contribution in [0.3, 0.4) is 0 Å². The summed E-state index contributed by atoms with van der Waals surface area (Å²) in [6.45, 7) is 19.6. The molecule has 0 saturated carbocycles. The molecule has 11 heteroatoms. The lowest BCUT2D eigenvalue weighted by atomic mass is 10.1. The third-order valence-electron chi connectivity index (χ3n) is 15.4. The highest BCUT2D eigenvalue weighted by molar-refractivity contribution is 5.57. The fraction of sp³-hybridized carbons (Fsp3) is 0.487. The maximum Gasteiger partial charge on any atom is 0.159 e. The van der Waals surface area contributed by atoms with Crippen LogP contribution >= 0.6 is 0 Å². The average Bonchev–Trinajstić information content (AvgIpc) is 3.76. The summed E-state index contributed by atoms with van der Waals surface area (Å²) < 4.78 is 17.1. The summed E-state index contributed by atoms with van der Waals surface area (Å²) >= 11 is 0. The number of unbranched alkanes of at least 4 members (excludes halogenated alkanes) is 22. The van der Waals surface area contributed by atoms with Crippen LogP contribution in [0.4, 0.5) is 0 Å². The molecular weight excluding hydrogens is 1100 g/mol. The Bertz CT molecular complexity index is 2870. The second-order valence-electron chi connectivity index (χ2n) is 23.7. The van der Waals surface area contributed by atoms with Crippen LogP contribution in [0.2, 0.25) is 0 Å². The van der Waals surface area contributed by atoms with E-state index >= 15 is 0 Å². The van der Waals surface area contributed by atoms with Gasteiger partial charge < -0.3 is 14.2 Å². The van der Waals surface area contributed by atoms with E-state index in [-0.39, 0.29) is 0 Å². The average molecular weight is 1210 g/mol. The highest BCUT2D eigenvalue weighted by Gasteiger charge is 2.07. The molecule has 4 aromatic carbocycles. The molecule has 89 heavy (non-hydrogen) atoms. The van der Waals surface area contributed by atoms with Gasteiger partial charge in [0.2, 0.25) is 0 Å². The molecular formula is C78H108N8O3. The summed E-state index contributed by atoms with van der Waals surface area (Å²) in [5.74, 6) is 5.32. The van der Waals surface area contributed by atoms with Crippen molar-refractivity contribution in [2.45, 2.75) is 229 Å². The van der Waals surface area contributed by atoms with Crippen molar-refractivity contribution >= 4 is 0 Å². The van der Waals surface area contributed by atoms with Crippen LogP contribution in [-0.2, 0) is 6.42 Å². The molecule has 0 saturated heterocycles. The fourth-order valence-corrected chi connectivity index (χ4v) is 9.74. The van der Waals surface area contributed by atoms with Crippen molar-refractivity contribution in [3.8, 4) is 62.8 Å². The molecule has 0 bridgehead atoms. The zero-order valence-electron chi connectivity index (χ0n) is 55.9. The molecule has 0 aliphatic carbocycles. The summed E-state index contributed by atoms with van der Waals surface area (Å²) in [4.78, 5) is 35.3. The molecule has 4 heterocycles. The predicted molar refractivity (Wildman–Crippen MR) is 372 cm³/mol. The molecule has 478 valence electrons. The van der Waals surface area contributed by atoms with Crippen molar-refractivity contribution in [1.82, 2.24) is 39.9 Å². The van der Waals surface area contributed by atoms with Crippen LogP contribution in [0.5, 0.6) is 17.2 Å². The molecule has 0 aliphatic rings. The van der Waals surface area contributed by atoms with Crippen LogP contribution in [0.25, 0.3) is 45.6 Å². The van der Waals surface area contributed by atoms with E-state index in [2.05, 4.69) is 156 Å². The van der Waals surface area contributed by atoms with Crippen LogP contribution in [0, 0.1) is 27.7 Å². The maximum absolute atomic E-state index is 5.74. The molecule has 4 aromatic heterocycles. The lowest BCUT2D eigenvalue weighted by molar-refractivity contribution is 0.302. The Kier molecular flexibility index (Phi) is 37.2. The van der Waals surface area contributed by atoms with Gasteiger partial charge in [0.15, 0.2) is 40.5 Å². The number of rotatable bonds is 37. The minimum Gasteiger partial charge on any atom is -0.490 e. The number of hydrogen-bond donors (Lipinski definition) is 0. The molecule has 0 N–H and O–H groups in total. The molecule has 0 radical (unpaired) electrons. The van der Waals surface area contributed by atoms with Gasteiger partial charge in [0, 0.05) is 34.6 Å². The molecule has 8 aromatic rings. The second-order valence-corrected chi connectivity index (χ2v) is 23.7.